The Morgan fingerprint density at radius 1 is 1.30 bits per heavy atom. The van der Waals surface area contributed by atoms with Gasteiger partial charge in [-0.1, -0.05) is 6.07 Å². The van der Waals surface area contributed by atoms with Crippen LogP contribution in [0.25, 0.3) is 0 Å². The monoisotopic (exact) mass is 422 g/mol. The summed E-state index contributed by atoms with van der Waals surface area (Å²) in [6.45, 7) is 0.357. The van der Waals surface area contributed by atoms with E-state index < -0.39 is 21.9 Å². The van der Waals surface area contributed by atoms with Gasteiger partial charge in [0, 0.05) is 25.3 Å². The molecule has 27 heavy (non-hydrogen) atoms. The van der Waals surface area contributed by atoms with Crippen molar-refractivity contribution >= 4 is 27.3 Å². The molecular weight excluding hydrogens is 405 g/mol. The summed E-state index contributed by atoms with van der Waals surface area (Å²) in [7, 11) is -3.57. The zero-order valence-electron chi connectivity index (χ0n) is 14.0. The smallest absolute Gasteiger partial charge is 0.341 e. The van der Waals surface area contributed by atoms with Crippen LogP contribution in [0.5, 0.6) is 0 Å². The maximum atomic E-state index is 12.5. The van der Waals surface area contributed by atoms with Gasteiger partial charge in [0.15, 0.2) is 5.69 Å². The fraction of sp³-hybridized carbons (Fsp3) is 0.467. The van der Waals surface area contributed by atoms with Gasteiger partial charge in [-0.2, -0.15) is 18.3 Å². The van der Waals surface area contributed by atoms with E-state index >= 15 is 0 Å². The third-order valence-electron chi connectivity index (χ3n) is 4.16. The van der Waals surface area contributed by atoms with E-state index in [-0.39, 0.29) is 22.7 Å². The van der Waals surface area contributed by atoms with Crippen LogP contribution in [0.2, 0.25) is 0 Å². The number of piperidine rings is 1. The molecule has 0 unspecified atom stereocenters. The molecule has 7 nitrogen and oxygen atoms in total. The zero-order valence-corrected chi connectivity index (χ0v) is 15.6. The first-order chi connectivity index (χ1) is 12.6. The molecule has 3 heterocycles. The van der Waals surface area contributed by atoms with E-state index in [4.69, 9.17) is 0 Å². The summed E-state index contributed by atoms with van der Waals surface area (Å²) in [4.78, 5) is 13.8. The molecule has 1 aliphatic heterocycles. The van der Waals surface area contributed by atoms with E-state index in [2.05, 4.69) is 9.82 Å². The number of likely N-dealkylation sites (tertiary alicyclic amines) is 1. The predicted molar refractivity (Wildman–Crippen MR) is 91.5 cm³/mol. The molecule has 0 atom stereocenters. The van der Waals surface area contributed by atoms with Crippen LogP contribution in [-0.2, 0) is 27.5 Å². The van der Waals surface area contributed by atoms with Crippen LogP contribution < -0.4 is 4.72 Å². The molecule has 0 aromatic carbocycles. The Morgan fingerprint density at radius 3 is 2.56 bits per heavy atom. The highest BCUT2D eigenvalue weighted by Crippen LogP contribution is 2.27. The number of thiophene rings is 1. The van der Waals surface area contributed by atoms with Gasteiger partial charge < -0.3 is 4.90 Å². The molecule has 0 spiro atoms. The number of alkyl halides is 3. The minimum Gasteiger partial charge on any atom is -0.341 e. The van der Waals surface area contributed by atoms with Crippen LogP contribution in [0, 0.1) is 0 Å². The van der Waals surface area contributed by atoms with Crippen molar-refractivity contribution in [2.24, 2.45) is 0 Å². The van der Waals surface area contributed by atoms with Crippen molar-refractivity contribution in [3.63, 3.8) is 0 Å². The molecule has 12 heteroatoms. The number of carbonyl (C=O) groups is 1. The van der Waals surface area contributed by atoms with Gasteiger partial charge in [-0.15, -0.1) is 11.3 Å². The molecule has 1 aliphatic rings. The van der Waals surface area contributed by atoms with Crippen molar-refractivity contribution < 1.29 is 26.4 Å². The lowest BCUT2D eigenvalue weighted by atomic mass is 10.1. The first-order valence-electron chi connectivity index (χ1n) is 8.09. The van der Waals surface area contributed by atoms with Crippen LogP contribution in [0.3, 0.4) is 0 Å². The minimum absolute atomic E-state index is 0.236. The third-order valence-corrected chi connectivity index (χ3v) is 7.08. The van der Waals surface area contributed by atoms with Gasteiger partial charge in [0.2, 0.25) is 15.9 Å². The predicted octanol–water partition coefficient (Wildman–Crippen LogP) is 1.93. The highest BCUT2D eigenvalue weighted by molar-refractivity contribution is 7.91. The molecule has 0 radical (unpaired) electrons. The second-order valence-electron chi connectivity index (χ2n) is 6.10. The molecule has 1 amide bonds. The molecular formula is C15H17F3N4O3S2. The Balaban J connectivity index is 1.51. The summed E-state index contributed by atoms with van der Waals surface area (Å²) < 4.78 is 65.9. The van der Waals surface area contributed by atoms with Crippen molar-refractivity contribution in [1.29, 1.82) is 0 Å². The van der Waals surface area contributed by atoms with Crippen LogP contribution >= 0.6 is 11.3 Å². The molecule has 2 aromatic rings. The number of hydrogen-bond acceptors (Lipinski definition) is 5. The number of carbonyl (C=O) groups excluding carboxylic acids is 1. The molecule has 2 aromatic heterocycles. The van der Waals surface area contributed by atoms with E-state index in [0.717, 1.165) is 28.3 Å². The molecule has 1 fully saturated rings. The average Bonchev–Trinajstić information content (AvgIpc) is 3.26. The maximum Gasteiger partial charge on any atom is 0.435 e. The van der Waals surface area contributed by atoms with Gasteiger partial charge in [0.1, 0.15) is 10.8 Å². The van der Waals surface area contributed by atoms with Gasteiger partial charge >= 0.3 is 6.18 Å². The highest BCUT2D eigenvalue weighted by atomic mass is 32.2. The summed E-state index contributed by atoms with van der Waals surface area (Å²) in [6.07, 6.45) is -2.57. The summed E-state index contributed by atoms with van der Waals surface area (Å²) in [5.74, 6) is -0.355. The van der Waals surface area contributed by atoms with Crippen molar-refractivity contribution in [2.75, 3.05) is 13.1 Å². The molecule has 148 valence electrons. The first kappa shape index (κ1) is 19.8. The number of nitrogens with zero attached hydrogens (tertiary/aromatic N) is 3. The molecule has 0 saturated carbocycles. The lowest BCUT2D eigenvalue weighted by molar-refractivity contribution is -0.142. The van der Waals surface area contributed by atoms with Gasteiger partial charge in [0.25, 0.3) is 0 Å². The Morgan fingerprint density at radius 2 is 2.00 bits per heavy atom. The summed E-state index contributed by atoms with van der Waals surface area (Å²) in [5.41, 5.74) is -1.04. The Kier molecular flexibility index (Phi) is 5.58. The lowest BCUT2D eigenvalue weighted by Gasteiger charge is -2.32. The van der Waals surface area contributed by atoms with Gasteiger partial charge in [-0.25, -0.2) is 13.1 Å². The van der Waals surface area contributed by atoms with E-state index in [1.54, 1.807) is 11.4 Å². The van der Waals surface area contributed by atoms with Crippen LogP contribution in [-0.4, -0.2) is 48.1 Å². The standard InChI is InChI=1S/C15H17F3N4O3S2/c16-15(17,18)12-5-8-22(19-12)10-13(23)21-6-3-11(4-7-21)20-27(24,25)14-2-1-9-26-14/h1-2,5,8-9,11,20H,3-4,6-7,10H2. The SMILES string of the molecule is O=C(Cn1ccc(C(F)(F)F)n1)N1CCC(NS(=O)(=O)c2cccs2)CC1. The largest absolute Gasteiger partial charge is 0.435 e. The quantitative estimate of drug-likeness (QED) is 0.798. The van der Waals surface area contributed by atoms with E-state index in [1.165, 1.54) is 11.0 Å². The lowest BCUT2D eigenvalue weighted by Crippen LogP contribution is -2.47. The number of hydrogen-bond donors (Lipinski definition) is 1. The van der Waals surface area contributed by atoms with E-state index in [0.29, 0.717) is 25.9 Å². The summed E-state index contributed by atoms with van der Waals surface area (Å²) in [6, 6.07) is 3.70. The van der Waals surface area contributed by atoms with Crippen molar-refractivity contribution in [1.82, 2.24) is 19.4 Å². The molecule has 0 aliphatic carbocycles. The van der Waals surface area contributed by atoms with Gasteiger partial charge in [0.05, 0.1) is 0 Å². The van der Waals surface area contributed by atoms with E-state index in [9.17, 15) is 26.4 Å². The molecule has 0 bridgehead atoms. The van der Waals surface area contributed by atoms with Crippen LogP contribution in [0.4, 0.5) is 13.2 Å². The zero-order chi connectivity index (χ0) is 19.7. The van der Waals surface area contributed by atoms with Crippen LogP contribution in [0.15, 0.2) is 34.0 Å². The number of amides is 1. The Bertz CT molecular complexity index is 886. The fourth-order valence-electron chi connectivity index (χ4n) is 2.78. The Labute approximate surface area is 157 Å². The minimum atomic E-state index is -4.55. The summed E-state index contributed by atoms with van der Waals surface area (Å²) >= 11 is 1.12. The van der Waals surface area contributed by atoms with E-state index in [1.807, 2.05) is 0 Å². The first-order valence-corrected chi connectivity index (χ1v) is 10.5. The number of nitrogens with one attached hydrogen (secondary N) is 1. The number of aromatic nitrogens is 2. The normalized spacial score (nSPS) is 16.6. The Hall–Kier alpha value is -1.92. The number of halogens is 3. The van der Waals surface area contributed by atoms with Crippen molar-refractivity contribution in [3.8, 4) is 0 Å². The average molecular weight is 422 g/mol. The highest BCUT2D eigenvalue weighted by Gasteiger charge is 2.34. The molecule has 3 rings (SSSR count). The molecule has 1 N–H and O–H groups in total. The second kappa shape index (κ2) is 7.60. The van der Waals surface area contributed by atoms with Crippen LogP contribution in [0.1, 0.15) is 18.5 Å². The number of rotatable bonds is 5. The fourth-order valence-corrected chi connectivity index (χ4v) is 5.09. The third kappa shape index (κ3) is 4.87. The number of sulfonamides is 1. The van der Waals surface area contributed by atoms with Crippen molar-refractivity contribution in [3.05, 3.63) is 35.5 Å². The van der Waals surface area contributed by atoms with Gasteiger partial charge in [-0.05, 0) is 30.4 Å². The summed E-state index contributed by atoms with van der Waals surface area (Å²) in [5, 5.41) is 5.04. The second-order valence-corrected chi connectivity index (χ2v) is 8.99. The topological polar surface area (TPSA) is 84.3 Å². The van der Waals surface area contributed by atoms with Crippen molar-refractivity contribution in [2.45, 2.75) is 35.8 Å². The maximum absolute atomic E-state index is 12.5. The molecule has 1 saturated heterocycles. The van der Waals surface area contributed by atoms with Gasteiger partial charge in [-0.3, -0.25) is 9.48 Å².